The lowest BCUT2D eigenvalue weighted by Crippen LogP contribution is -2.56. The Balaban J connectivity index is 1.40. The number of likely N-dealkylation sites (tertiary alicyclic amines) is 3. The molecule has 2 amide bonds. The molecule has 3 fully saturated rings. The Hall–Kier alpha value is -2.74. The Morgan fingerprint density at radius 2 is 1.56 bits per heavy atom. The molecule has 1 spiro atoms. The van der Waals surface area contributed by atoms with Gasteiger partial charge in [-0.25, -0.2) is 4.79 Å². The maximum atomic E-state index is 13.6. The number of rotatable bonds is 5. The molecule has 228 valence electrons. The lowest BCUT2D eigenvalue weighted by Gasteiger charge is -2.45. The highest BCUT2D eigenvalue weighted by Crippen LogP contribution is 2.41. The first kappa shape index (κ1) is 31.2. The van der Waals surface area contributed by atoms with Crippen LogP contribution in [0.2, 0.25) is 5.02 Å². The van der Waals surface area contributed by atoms with Gasteiger partial charge in [-0.1, -0.05) is 11.6 Å². The quantitative estimate of drug-likeness (QED) is 0.451. The zero-order valence-electron chi connectivity index (χ0n) is 21.9. The smallest absolute Gasteiger partial charge is 0.434 e. The molecule has 0 atom stereocenters. The molecule has 1 N–H and O–H groups in total. The van der Waals surface area contributed by atoms with Gasteiger partial charge in [0.05, 0.1) is 5.92 Å². The molecular weight excluding hydrogens is 584 g/mol. The van der Waals surface area contributed by atoms with Gasteiger partial charge in [-0.15, -0.1) is 0 Å². The Morgan fingerprint density at radius 1 is 0.951 bits per heavy atom. The van der Waals surface area contributed by atoms with Gasteiger partial charge in [-0.3, -0.25) is 14.5 Å². The SMILES string of the molecule is O=C(O)C1CCN(Cc2cc(Cl)cc(C(=O)N3CCCC34CCN(C(=O)OC(C(F)(F)F)C(F)(F)F)CC4)c2)CC1. The predicted octanol–water partition coefficient (Wildman–Crippen LogP) is 5.34. The van der Waals surface area contributed by atoms with Crippen LogP contribution < -0.4 is 0 Å². The summed E-state index contributed by atoms with van der Waals surface area (Å²) in [5, 5.41) is 9.55. The fraction of sp³-hybridized carbons (Fsp3) is 0.654. The van der Waals surface area contributed by atoms with Crippen LogP contribution in [-0.2, 0) is 16.1 Å². The lowest BCUT2D eigenvalue weighted by molar-refractivity contribution is -0.308. The molecule has 3 aliphatic heterocycles. The van der Waals surface area contributed by atoms with E-state index in [0.717, 1.165) is 10.5 Å². The molecule has 0 saturated carbocycles. The van der Waals surface area contributed by atoms with E-state index in [9.17, 15) is 45.8 Å². The van der Waals surface area contributed by atoms with Crippen molar-refractivity contribution in [1.29, 1.82) is 0 Å². The van der Waals surface area contributed by atoms with E-state index >= 15 is 0 Å². The Labute approximate surface area is 237 Å². The molecule has 0 aromatic heterocycles. The van der Waals surface area contributed by atoms with Gasteiger partial charge in [0.2, 0.25) is 0 Å². The Bertz CT molecular complexity index is 1130. The second-order valence-corrected chi connectivity index (χ2v) is 11.3. The summed E-state index contributed by atoms with van der Waals surface area (Å²) in [4.78, 5) is 41.6. The summed E-state index contributed by atoms with van der Waals surface area (Å²) in [6.07, 6.45) is -14.9. The third kappa shape index (κ3) is 7.19. The summed E-state index contributed by atoms with van der Waals surface area (Å²) in [5.41, 5.74) is 0.418. The number of carbonyl (C=O) groups excluding carboxylic acids is 2. The summed E-state index contributed by atoms with van der Waals surface area (Å²) in [7, 11) is 0. The Morgan fingerprint density at radius 3 is 2.12 bits per heavy atom. The minimum atomic E-state index is -5.80. The molecule has 3 saturated heterocycles. The molecule has 0 unspecified atom stereocenters. The van der Waals surface area contributed by atoms with Gasteiger partial charge < -0.3 is 19.6 Å². The van der Waals surface area contributed by atoms with E-state index in [1.165, 1.54) is 6.07 Å². The molecule has 4 rings (SSSR count). The van der Waals surface area contributed by atoms with E-state index in [0.29, 0.717) is 62.4 Å². The minimum absolute atomic E-state index is 0.169. The van der Waals surface area contributed by atoms with Crippen molar-refractivity contribution in [2.75, 3.05) is 32.7 Å². The summed E-state index contributed by atoms with van der Waals surface area (Å²) in [6, 6.07) is 5.00. The number of aliphatic carboxylic acids is 1. The molecule has 0 aliphatic carbocycles. The number of amides is 2. The average molecular weight is 614 g/mol. The molecule has 1 aromatic carbocycles. The van der Waals surface area contributed by atoms with E-state index in [2.05, 4.69) is 9.64 Å². The van der Waals surface area contributed by atoms with Crippen molar-refractivity contribution >= 4 is 29.6 Å². The maximum Gasteiger partial charge on any atom is 0.434 e. The topological polar surface area (TPSA) is 90.4 Å². The molecule has 41 heavy (non-hydrogen) atoms. The number of benzene rings is 1. The number of ether oxygens (including phenoxy) is 1. The van der Waals surface area contributed by atoms with E-state index < -0.39 is 36.1 Å². The average Bonchev–Trinajstić information content (AvgIpc) is 3.28. The number of nitrogens with zero attached hydrogens (tertiary/aromatic N) is 3. The minimum Gasteiger partial charge on any atom is -0.481 e. The first-order chi connectivity index (χ1) is 19.1. The van der Waals surface area contributed by atoms with Crippen LogP contribution in [0.5, 0.6) is 0 Å². The standard InChI is InChI=1S/C26H30ClF6N3O5/c27-19-13-16(15-34-8-2-17(3-9-34)21(38)39)12-18(14-19)20(37)36-7-1-4-24(36)5-10-35(11-6-24)23(40)41-22(25(28,29)30)26(31,32)33/h12-14,17,22H,1-11,15H2,(H,38,39). The molecule has 0 bridgehead atoms. The van der Waals surface area contributed by atoms with Crippen molar-refractivity contribution in [3.8, 4) is 0 Å². The van der Waals surface area contributed by atoms with Crippen LogP contribution in [0.15, 0.2) is 18.2 Å². The van der Waals surface area contributed by atoms with Crippen LogP contribution in [0.3, 0.4) is 0 Å². The highest BCUT2D eigenvalue weighted by Gasteiger charge is 2.60. The van der Waals surface area contributed by atoms with Crippen molar-refractivity contribution in [3.63, 3.8) is 0 Å². The highest BCUT2D eigenvalue weighted by molar-refractivity contribution is 6.31. The van der Waals surface area contributed by atoms with Crippen LogP contribution in [0.4, 0.5) is 31.1 Å². The third-order valence-electron chi connectivity index (χ3n) is 8.15. The molecule has 15 heteroatoms. The van der Waals surface area contributed by atoms with Crippen molar-refractivity contribution in [3.05, 3.63) is 34.3 Å². The van der Waals surface area contributed by atoms with Crippen LogP contribution in [0, 0.1) is 5.92 Å². The largest absolute Gasteiger partial charge is 0.481 e. The summed E-state index contributed by atoms with van der Waals surface area (Å²) in [6.45, 7) is 1.72. The first-order valence-corrected chi connectivity index (χ1v) is 13.6. The third-order valence-corrected chi connectivity index (χ3v) is 8.37. The monoisotopic (exact) mass is 613 g/mol. The number of carboxylic acid groups (broad SMARTS) is 1. The maximum absolute atomic E-state index is 13.6. The zero-order valence-corrected chi connectivity index (χ0v) is 22.7. The molecule has 3 aliphatic rings. The number of halogens is 7. The van der Waals surface area contributed by atoms with Crippen LogP contribution >= 0.6 is 11.6 Å². The highest BCUT2D eigenvalue weighted by atomic mass is 35.5. The van der Waals surface area contributed by atoms with Crippen molar-refractivity contribution in [2.24, 2.45) is 5.92 Å². The van der Waals surface area contributed by atoms with Gasteiger partial charge in [-0.2, -0.15) is 26.3 Å². The molecular formula is C26H30ClF6N3O5. The van der Waals surface area contributed by atoms with E-state index in [1.807, 2.05) is 0 Å². The van der Waals surface area contributed by atoms with E-state index in [-0.39, 0.29) is 37.8 Å². The zero-order chi connectivity index (χ0) is 30.2. The molecule has 0 radical (unpaired) electrons. The van der Waals surface area contributed by atoms with Gasteiger partial charge in [0, 0.05) is 42.3 Å². The lowest BCUT2D eigenvalue weighted by atomic mass is 9.84. The van der Waals surface area contributed by atoms with Gasteiger partial charge in [-0.05, 0) is 75.4 Å². The second kappa shape index (κ2) is 11.9. The predicted molar refractivity (Wildman–Crippen MR) is 133 cm³/mol. The van der Waals surface area contributed by atoms with E-state index in [1.54, 1.807) is 17.0 Å². The summed E-state index contributed by atoms with van der Waals surface area (Å²) in [5.74, 6) is -1.49. The number of carbonyl (C=O) groups is 3. The van der Waals surface area contributed by atoms with Gasteiger partial charge in [0.25, 0.3) is 12.0 Å². The van der Waals surface area contributed by atoms with Gasteiger partial charge >= 0.3 is 24.4 Å². The Kier molecular flexibility index (Phi) is 9.03. The van der Waals surface area contributed by atoms with Crippen LogP contribution in [0.25, 0.3) is 0 Å². The normalized spacial score (nSPS) is 20.6. The number of hydrogen-bond donors (Lipinski definition) is 1. The van der Waals surface area contributed by atoms with Crippen molar-refractivity contribution < 1.29 is 50.6 Å². The van der Waals surface area contributed by atoms with Gasteiger partial charge in [0.15, 0.2) is 0 Å². The fourth-order valence-electron chi connectivity index (χ4n) is 5.99. The molecule has 8 nitrogen and oxygen atoms in total. The molecule has 1 aromatic rings. The van der Waals surface area contributed by atoms with Crippen LogP contribution in [-0.4, -0.2) is 94.5 Å². The number of hydrogen-bond acceptors (Lipinski definition) is 5. The second-order valence-electron chi connectivity index (χ2n) is 10.9. The van der Waals surface area contributed by atoms with E-state index in [4.69, 9.17) is 11.6 Å². The number of carboxylic acids is 1. The van der Waals surface area contributed by atoms with Crippen molar-refractivity contribution in [1.82, 2.24) is 14.7 Å². The fourth-order valence-corrected chi connectivity index (χ4v) is 6.25. The molecule has 3 heterocycles. The first-order valence-electron chi connectivity index (χ1n) is 13.2. The van der Waals surface area contributed by atoms with Gasteiger partial charge in [0.1, 0.15) is 0 Å². The number of alkyl halides is 6. The van der Waals surface area contributed by atoms with Crippen molar-refractivity contribution in [2.45, 2.75) is 69.1 Å². The summed E-state index contributed by atoms with van der Waals surface area (Å²) < 4.78 is 80.8. The van der Waals surface area contributed by atoms with Crippen LogP contribution in [0.1, 0.15) is 54.4 Å². The number of piperidine rings is 2. The summed E-state index contributed by atoms with van der Waals surface area (Å²) >= 11 is 6.33.